The molecule has 5 aromatic rings. The number of carbonyl (C=O) groups excluding carboxylic acids is 3. The Morgan fingerprint density at radius 3 is 1.91 bits per heavy atom. The van der Waals surface area contributed by atoms with E-state index in [4.69, 9.17) is 21.9 Å². The second-order valence-electron chi connectivity index (χ2n) is 12.9. The summed E-state index contributed by atoms with van der Waals surface area (Å²) in [7, 11) is 1.16. The summed E-state index contributed by atoms with van der Waals surface area (Å²) in [5.74, 6) is -6.22. The third kappa shape index (κ3) is 7.98. The molecule has 0 saturated heterocycles. The lowest BCUT2D eigenvalue weighted by atomic mass is 9.95. The average molecular weight is 788 g/mol. The molecule has 19 heteroatoms. The number of carbonyl (C=O) groups is 3. The number of halogens is 4. The summed E-state index contributed by atoms with van der Waals surface area (Å²) in [5.41, 5.74) is 12.0. The zero-order chi connectivity index (χ0) is 40.0. The van der Waals surface area contributed by atoms with Crippen molar-refractivity contribution >= 4 is 62.1 Å². The van der Waals surface area contributed by atoms with Crippen LogP contribution in [0, 0.1) is 23.3 Å². The van der Waals surface area contributed by atoms with E-state index in [1.54, 1.807) is 0 Å². The Morgan fingerprint density at radius 1 is 0.870 bits per heavy atom. The lowest BCUT2D eigenvalue weighted by molar-refractivity contribution is 0.0774. The minimum absolute atomic E-state index is 0.000386. The van der Waals surface area contributed by atoms with Crippen molar-refractivity contribution in [3.05, 3.63) is 93.9 Å². The molecule has 0 spiro atoms. The number of amides is 3. The Balaban J connectivity index is 1.40. The minimum Gasteiger partial charge on any atom is -0.441 e. The Morgan fingerprint density at radius 2 is 1.41 bits per heavy atom. The Hall–Kier alpha value is -5.63. The zero-order valence-electron chi connectivity index (χ0n) is 29.2. The van der Waals surface area contributed by atoms with Crippen LogP contribution < -0.4 is 27.4 Å². The topological polar surface area (TPSA) is 220 Å². The molecular weight excluding hydrogens is 755 g/mol. The van der Waals surface area contributed by atoms with E-state index in [2.05, 4.69) is 15.3 Å². The number of aromatic nitrogens is 2. The number of nitrogens with zero attached hydrogens (tertiary/aromatic N) is 3. The summed E-state index contributed by atoms with van der Waals surface area (Å²) in [5, 5.41) is 23.1. The fourth-order valence-corrected chi connectivity index (χ4v) is 7.50. The predicted molar refractivity (Wildman–Crippen MR) is 195 cm³/mol. The van der Waals surface area contributed by atoms with Crippen molar-refractivity contribution in [1.82, 2.24) is 9.97 Å². The van der Waals surface area contributed by atoms with Gasteiger partial charge in [-0.1, -0.05) is 0 Å². The van der Waals surface area contributed by atoms with E-state index in [9.17, 15) is 24.6 Å². The van der Waals surface area contributed by atoms with Crippen molar-refractivity contribution in [2.24, 2.45) is 11.5 Å². The quantitative estimate of drug-likeness (QED) is 0.0828. The Kier molecular flexibility index (Phi) is 10.7. The second-order valence-corrected chi connectivity index (χ2v) is 15.0. The smallest absolute Gasteiger partial charge is 0.414 e. The number of hydrogen-bond donors (Lipinski definition) is 6. The van der Waals surface area contributed by atoms with Crippen LogP contribution in [0.1, 0.15) is 65.4 Å². The summed E-state index contributed by atoms with van der Waals surface area (Å²) in [6.45, 7) is 4.83. The number of aliphatic hydroxyl groups is 2. The minimum atomic E-state index is -1.59. The molecule has 0 atom stereocenters. The maximum Gasteiger partial charge on any atom is 0.414 e. The monoisotopic (exact) mass is 787 g/mol. The van der Waals surface area contributed by atoms with Crippen LogP contribution in [-0.4, -0.2) is 45.1 Å². The number of nitrogens with one attached hydrogen (secondary N) is 1. The van der Waals surface area contributed by atoms with Gasteiger partial charge in [-0.3, -0.25) is 14.5 Å². The average Bonchev–Trinajstić information content (AvgIpc) is 3.62. The highest BCUT2D eigenvalue weighted by Crippen LogP contribution is 2.47. The molecular formula is C35H33F4N7O6S2. The second kappa shape index (κ2) is 14.7. The molecule has 0 unspecified atom stereocenters. The molecule has 5 rings (SSSR count). The Labute approximate surface area is 313 Å². The molecule has 9 N–H and O–H groups in total. The van der Waals surface area contributed by atoms with Gasteiger partial charge in [0.1, 0.15) is 39.1 Å². The number of hydrogen-bond acceptors (Lipinski definition) is 12. The van der Waals surface area contributed by atoms with E-state index in [0.29, 0.717) is 11.3 Å². The summed E-state index contributed by atoms with van der Waals surface area (Å²) < 4.78 is 66.4. The van der Waals surface area contributed by atoms with Gasteiger partial charge in [-0.15, -0.1) is 22.7 Å². The van der Waals surface area contributed by atoms with Gasteiger partial charge in [-0.05, 0) is 75.2 Å². The molecule has 3 aromatic heterocycles. The van der Waals surface area contributed by atoms with Crippen LogP contribution in [0.25, 0.3) is 20.9 Å². The van der Waals surface area contributed by atoms with Gasteiger partial charge in [-0.2, -0.15) is 0 Å². The van der Waals surface area contributed by atoms with Crippen LogP contribution in [0.5, 0.6) is 0 Å². The number of rotatable bonds is 11. The summed E-state index contributed by atoms with van der Waals surface area (Å²) in [6, 6.07) is 6.38. The molecule has 3 amide bonds. The van der Waals surface area contributed by atoms with E-state index < -0.39 is 75.7 Å². The number of benzene rings is 2. The van der Waals surface area contributed by atoms with Gasteiger partial charge in [0.25, 0.3) is 11.8 Å². The molecule has 0 aliphatic rings. The first-order chi connectivity index (χ1) is 25.1. The number of ether oxygens (including phenoxy) is 1. The number of thiophene rings is 2. The lowest BCUT2D eigenvalue weighted by Gasteiger charge is -2.21. The van der Waals surface area contributed by atoms with Crippen LogP contribution >= 0.6 is 22.7 Å². The molecule has 0 saturated carbocycles. The fourth-order valence-electron chi connectivity index (χ4n) is 5.23. The van der Waals surface area contributed by atoms with E-state index in [-0.39, 0.29) is 53.8 Å². The van der Waals surface area contributed by atoms with Crippen LogP contribution in [0.15, 0.2) is 42.6 Å². The molecule has 0 aliphatic heterocycles. The van der Waals surface area contributed by atoms with E-state index >= 15 is 17.6 Å². The van der Waals surface area contributed by atoms with Crippen molar-refractivity contribution in [3.63, 3.8) is 0 Å². The molecule has 0 aliphatic carbocycles. The van der Waals surface area contributed by atoms with Crippen LogP contribution in [0.4, 0.5) is 43.9 Å². The number of nitrogen functional groups attached to an aromatic ring is 1. The fraction of sp³-hybridized carbons (Fsp3) is 0.229. The SMILES string of the molecule is CN(C(=O)OCc1nccc(Nc2sc(-c3c(F)cc(C(C)(C)O)cc3F)cc2C(N)=O)n1)c1c(-c2c(F)cc(C(C)(C)O)cc2F)sc(N)c1C(N)=O. The van der Waals surface area contributed by atoms with Crippen molar-refractivity contribution in [2.45, 2.75) is 45.5 Å². The summed E-state index contributed by atoms with van der Waals surface area (Å²) in [6.07, 6.45) is 0.146. The largest absolute Gasteiger partial charge is 0.441 e. The number of primary amides is 2. The first kappa shape index (κ1) is 39.6. The normalized spacial score (nSPS) is 11.8. The van der Waals surface area contributed by atoms with Gasteiger partial charge in [0.05, 0.1) is 44.0 Å². The third-order valence-electron chi connectivity index (χ3n) is 8.01. The number of anilines is 4. The van der Waals surface area contributed by atoms with Crippen molar-refractivity contribution in [3.8, 4) is 20.9 Å². The van der Waals surface area contributed by atoms with Gasteiger partial charge >= 0.3 is 6.09 Å². The molecule has 0 radical (unpaired) electrons. The van der Waals surface area contributed by atoms with Crippen molar-refractivity contribution in [2.75, 3.05) is 23.0 Å². The van der Waals surface area contributed by atoms with E-state index in [1.165, 1.54) is 46.0 Å². The molecule has 284 valence electrons. The molecule has 54 heavy (non-hydrogen) atoms. The van der Waals surface area contributed by atoms with Crippen molar-refractivity contribution in [1.29, 1.82) is 0 Å². The first-order valence-corrected chi connectivity index (χ1v) is 17.3. The van der Waals surface area contributed by atoms with E-state index in [0.717, 1.165) is 47.5 Å². The molecule has 3 heterocycles. The first-order valence-electron chi connectivity index (χ1n) is 15.7. The molecule has 13 nitrogen and oxygen atoms in total. The number of nitrogens with two attached hydrogens (primary N) is 3. The van der Waals surface area contributed by atoms with Gasteiger partial charge in [0.15, 0.2) is 12.4 Å². The van der Waals surface area contributed by atoms with Crippen molar-refractivity contribution < 1.29 is 46.9 Å². The highest BCUT2D eigenvalue weighted by atomic mass is 32.1. The third-order valence-corrected chi connectivity index (χ3v) is 10.1. The highest BCUT2D eigenvalue weighted by Gasteiger charge is 2.32. The van der Waals surface area contributed by atoms with Crippen LogP contribution in [0.3, 0.4) is 0 Å². The molecule has 2 aromatic carbocycles. The predicted octanol–water partition coefficient (Wildman–Crippen LogP) is 6.24. The highest BCUT2D eigenvalue weighted by molar-refractivity contribution is 7.20. The van der Waals surface area contributed by atoms with Gasteiger partial charge in [0, 0.05) is 18.1 Å². The standard InChI is InChI=1S/C35H33F4N7O6S2/c1-34(2,50)14-8-17(36)24(18(37)9-14)21-12-16(29(40)47)32(53-21)45-22-6-7-43-23(44-22)13-52-33(49)46(5)27-26(30(41)48)31(42)54-28(27)25-19(38)10-15(11-20(25)39)35(3,4)51/h6-12,50-51H,13,42H2,1-5H3,(H2,40,47)(H2,41,48)(H,43,44,45). The maximum absolute atomic E-state index is 15.4. The Bertz CT molecular complexity index is 2270. The lowest BCUT2D eigenvalue weighted by Crippen LogP contribution is -2.29. The van der Waals surface area contributed by atoms with Crippen LogP contribution in [0.2, 0.25) is 0 Å². The summed E-state index contributed by atoms with van der Waals surface area (Å²) >= 11 is 1.39. The zero-order valence-corrected chi connectivity index (χ0v) is 30.8. The molecule has 0 fully saturated rings. The maximum atomic E-state index is 15.4. The van der Waals surface area contributed by atoms with Crippen LogP contribution in [-0.2, 0) is 22.5 Å². The van der Waals surface area contributed by atoms with E-state index in [1.807, 2.05) is 0 Å². The van der Waals surface area contributed by atoms with Gasteiger partial charge in [0.2, 0.25) is 0 Å². The summed E-state index contributed by atoms with van der Waals surface area (Å²) in [4.78, 5) is 46.8. The molecule has 0 bridgehead atoms. The van der Waals surface area contributed by atoms with Gasteiger partial charge < -0.3 is 37.5 Å². The van der Waals surface area contributed by atoms with Gasteiger partial charge in [-0.25, -0.2) is 32.3 Å².